The van der Waals surface area contributed by atoms with E-state index < -0.39 is 22.7 Å². The van der Waals surface area contributed by atoms with Gasteiger partial charge in [0.15, 0.2) is 0 Å². The minimum Gasteiger partial charge on any atom is -0.369 e. The second kappa shape index (κ2) is 6.25. The van der Waals surface area contributed by atoms with Crippen molar-refractivity contribution in [3.05, 3.63) is 28.8 Å². The number of carbonyl (C=O) groups excluding carboxylic acids is 1. The van der Waals surface area contributed by atoms with Crippen LogP contribution in [-0.2, 0) is 15.7 Å². The maximum Gasteiger partial charge on any atom is 0.417 e. The van der Waals surface area contributed by atoms with Crippen molar-refractivity contribution >= 4 is 23.2 Å². The quantitative estimate of drug-likeness (QED) is 0.919. The van der Waals surface area contributed by atoms with Gasteiger partial charge in [0.1, 0.15) is 6.61 Å². The van der Waals surface area contributed by atoms with E-state index in [9.17, 15) is 18.0 Å². The Morgan fingerprint density at radius 1 is 1.42 bits per heavy atom. The molecule has 1 amide bonds. The smallest absolute Gasteiger partial charge is 0.369 e. The minimum atomic E-state index is -4.56. The van der Waals surface area contributed by atoms with Gasteiger partial charge in [0.2, 0.25) is 5.91 Å². The Kier molecular flexibility index (Phi) is 5.20. The highest BCUT2D eigenvalue weighted by Gasteiger charge is 2.33. The van der Waals surface area contributed by atoms with Crippen molar-refractivity contribution in [3.8, 4) is 0 Å². The third-order valence-electron chi connectivity index (χ3n) is 2.10. The van der Waals surface area contributed by atoms with Crippen molar-refractivity contribution in [2.75, 3.05) is 11.9 Å². The van der Waals surface area contributed by atoms with Gasteiger partial charge in [-0.15, -0.1) is 0 Å². The number of carbonyl (C=O) groups is 1. The molecule has 1 aromatic carbocycles. The molecule has 19 heavy (non-hydrogen) atoms. The van der Waals surface area contributed by atoms with Gasteiger partial charge in [-0.2, -0.15) is 13.2 Å². The second-order valence-corrected chi connectivity index (χ2v) is 4.51. The number of amides is 1. The Morgan fingerprint density at radius 2 is 2.05 bits per heavy atom. The number of halogens is 4. The lowest BCUT2D eigenvalue weighted by molar-refractivity contribution is -0.137. The van der Waals surface area contributed by atoms with Crippen molar-refractivity contribution in [3.63, 3.8) is 0 Å². The topological polar surface area (TPSA) is 38.3 Å². The largest absolute Gasteiger partial charge is 0.417 e. The number of hydrogen-bond acceptors (Lipinski definition) is 2. The van der Waals surface area contributed by atoms with Crippen LogP contribution >= 0.6 is 11.6 Å². The first kappa shape index (κ1) is 15.8. The zero-order valence-electron chi connectivity index (χ0n) is 10.3. The number of anilines is 1. The molecule has 1 rings (SSSR count). The first-order chi connectivity index (χ1) is 8.70. The molecule has 0 aliphatic carbocycles. The molecule has 7 heteroatoms. The Morgan fingerprint density at radius 3 is 2.58 bits per heavy atom. The van der Waals surface area contributed by atoms with Crippen molar-refractivity contribution < 1.29 is 22.7 Å². The molecule has 0 aromatic heterocycles. The molecule has 0 aliphatic rings. The fraction of sp³-hybridized carbons (Fsp3) is 0.417. The Hall–Kier alpha value is -1.27. The molecular formula is C12H13ClF3NO2. The number of nitrogens with one attached hydrogen (secondary N) is 1. The van der Waals surface area contributed by atoms with Gasteiger partial charge in [-0.1, -0.05) is 11.6 Å². The molecule has 0 spiro atoms. The van der Waals surface area contributed by atoms with E-state index in [0.717, 1.165) is 12.1 Å². The minimum absolute atomic E-state index is 0.0223. The molecule has 0 fully saturated rings. The number of rotatable bonds is 4. The van der Waals surface area contributed by atoms with Crippen LogP contribution in [0.25, 0.3) is 0 Å². The zero-order valence-corrected chi connectivity index (χ0v) is 11.1. The van der Waals surface area contributed by atoms with E-state index in [1.54, 1.807) is 13.8 Å². The summed E-state index contributed by atoms with van der Waals surface area (Å²) < 4.78 is 42.8. The highest BCUT2D eigenvalue weighted by molar-refractivity contribution is 6.31. The average Bonchev–Trinajstić information content (AvgIpc) is 2.27. The van der Waals surface area contributed by atoms with E-state index in [-0.39, 0.29) is 18.4 Å². The molecular weight excluding hydrogens is 283 g/mol. The molecule has 1 N–H and O–H groups in total. The van der Waals surface area contributed by atoms with Crippen LogP contribution in [0, 0.1) is 0 Å². The van der Waals surface area contributed by atoms with Crippen LogP contribution in [0.1, 0.15) is 19.4 Å². The molecule has 0 saturated heterocycles. The predicted octanol–water partition coefficient (Wildman–Crippen LogP) is 3.72. The Bertz CT molecular complexity index is 461. The zero-order chi connectivity index (χ0) is 14.6. The lowest BCUT2D eigenvalue weighted by Crippen LogP contribution is -2.21. The highest BCUT2D eigenvalue weighted by Crippen LogP contribution is 2.36. The Labute approximate surface area is 113 Å². The van der Waals surface area contributed by atoms with Gasteiger partial charge in [-0.25, -0.2) is 0 Å². The van der Waals surface area contributed by atoms with E-state index in [2.05, 4.69) is 5.32 Å². The molecule has 0 saturated carbocycles. The van der Waals surface area contributed by atoms with Crippen molar-refractivity contribution in [2.45, 2.75) is 26.1 Å². The van der Waals surface area contributed by atoms with E-state index in [1.807, 2.05) is 0 Å². The molecule has 0 heterocycles. The van der Waals surface area contributed by atoms with Crippen LogP contribution in [0.15, 0.2) is 18.2 Å². The highest BCUT2D eigenvalue weighted by atomic mass is 35.5. The van der Waals surface area contributed by atoms with E-state index >= 15 is 0 Å². The van der Waals surface area contributed by atoms with E-state index in [4.69, 9.17) is 16.3 Å². The van der Waals surface area contributed by atoms with Gasteiger partial charge in [0, 0.05) is 5.69 Å². The first-order valence-electron chi connectivity index (χ1n) is 5.48. The number of ether oxygens (including phenoxy) is 1. The number of benzene rings is 1. The predicted molar refractivity (Wildman–Crippen MR) is 66.2 cm³/mol. The number of hydrogen-bond donors (Lipinski definition) is 1. The maximum atomic E-state index is 12.6. The summed E-state index contributed by atoms with van der Waals surface area (Å²) >= 11 is 5.46. The normalized spacial score (nSPS) is 11.7. The molecule has 0 atom stereocenters. The van der Waals surface area contributed by atoms with Crippen LogP contribution < -0.4 is 5.32 Å². The monoisotopic (exact) mass is 295 g/mol. The van der Waals surface area contributed by atoms with Gasteiger partial charge in [0.25, 0.3) is 0 Å². The second-order valence-electron chi connectivity index (χ2n) is 4.10. The van der Waals surface area contributed by atoms with Crippen LogP contribution in [-0.4, -0.2) is 18.6 Å². The average molecular weight is 296 g/mol. The summed E-state index contributed by atoms with van der Waals surface area (Å²) in [5, 5.41) is 1.90. The van der Waals surface area contributed by atoms with Crippen molar-refractivity contribution in [1.29, 1.82) is 0 Å². The summed E-state index contributed by atoms with van der Waals surface area (Å²) in [6.45, 7) is 3.27. The fourth-order valence-electron chi connectivity index (χ4n) is 1.26. The Balaban J connectivity index is 2.78. The summed E-state index contributed by atoms with van der Waals surface area (Å²) in [6, 6.07) is 3.17. The van der Waals surface area contributed by atoms with Gasteiger partial charge < -0.3 is 10.1 Å². The van der Waals surface area contributed by atoms with Gasteiger partial charge in [-0.3, -0.25) is 4.79 Å². The first-order valence-corrected chi connectivity index (χ1v) is 5.86. The molecule has 0 aliphatic heterocycles. The van der Waals surface area contributed by atoms with Crippen molar-refractivity contribution in [2.24, 2.45) is 0 Å². The van der Waals surface area contributed by atoms with Gasteiger partial charge in [0.05, 0.1) is 16.7 Å². The SMILES string of the molecule is CC(C)OCC(=O)Nc1ccc(Cl)c(C(F)(F)F)c1. The summed E-state index contributed by atoms with van der Waals surface area (Å²) in [5.41, 5.74) is -0.967. The molecule has 1 aromatic rings. The fourth-order valence-corrected chi connectivity index (χ4v) is 1.48. The van der Waals surface area contributed by atoms with E-state index in [0.29, 0.717) is 0 Å². The molecule has 3 nitrogen and oxygen atoms in total. The standard InChI is InChI=1S/C12H13ClF3NO2/c1-7(2)19-6-11(18)17-8-3-4-10(13)9(5-8)12(14,15)16/h3-5,7H,6H2,1-2H3,(H,17,18). The molecule has 106 valence electrons. The maximum absolute atomic E-state index is 12.6. The molecule has 0 bridgehead atoms. The number of alkyl halides is 3. The summed E-state index contributed by atoms with van der Waals surface area (Å²) in [6.07, 6.45) is -4.70. The third kappa shape index (κ3) is 5.08. The lowest BCUT2D eigenvalue weighted by Gasteiger charge is -2.12. The van der Waals surface area contributed by atoms with Gasteiger partial charge in [-0.05, 0) is 32.0 Å². The third-order valence-corrected chi connectivity index (χ3v) is 2.43. The summed E-state index contributed by atoms with van der Waals surface area (Å²) in [4.78, 5) is 11.4. The molecule has 0 unspecified atom stereocenters. The van der Waals surface area contributed by atoms with E-state index in [1.165, 1.54) is 6.07 Å². The van der Waals surface area contributed by atoms with Crippen LogP contribution in [0.5, 0.6) is 0 Å². The lowest BCUT2D eigenvalue weighted by atomic mass is 10.2. The molecule has 0 radical (unpaired) electrons. The van der Waals surface area contributed by atoms with Crippen LogP contribution in [0.2, 0.25) is 5.02 Å². The summed E-state index contributed by atoms with van der Waals surface area (Å²) in [7, 11) is 0. The van der Waals surface area contributed by atoms with Crippen molar-refractivity contribution in [1.82, 2.24) is 0 Å². The van der Waals surface area contributed by atoms with Gasteiger partial charge >= 0.3 is 6.18 Å². The van der Waals surface area contributed by atoms with Crippen LogP contribution in [0.3, 0.4) is 0 Å². The van der Waals surface area contributed by atoms with Crippen LogP contribution in [0.4, 0.5) is 18.9 Å². The summed E-state index contributed by atoms with van der Waals surface area (Å²) in [5.74, 6) is -0.524.